The molecule has 0 saturated heterocycles. The average Bonchev–Trinajstić information content (AvgIpc) is 2.63. The van der Waals surface area contributed by atoms with Crippen molar-refractivity contribution in [2.45, 2.75) is 76.4 Å². The fourth-order valence-electron chi connectivity index (χ4n) is 3.70. The molecule has 0 atom stereocenters. The number of nitrogens with zero attached hydrogens (tertiary/aromatic N) is 1. The minimum Gasteiger partial charge on any atom is -0.404 e. The first kappa shape index (κ1) is 16.5. The molecular weight excluding hydrogens is 285 g/mol. The molecule has 23 heavy (non-hydrogen) atoms. The number of hydrogen-bond acceptors (Lipinski definition) is 3. The van der Waals surface area contributed by atoms with E-state index in [1.54, 1.807) is 0 Å². The van der Waals surface area contributed by atoms with Crippen LogP contribution in [0.15, 0.2) is 24.3 Å². The third kappa shape index (κ3) is 4.83. The van der Waals surface area contributed by atoms with Crippen molar-refractivity contribution >= 4 is 12.6 Å². The highest BCUT2D eigenvalue weighted by Crippen LogP contribution is 2.24. The van der Waals surface area contributed by atoms with Crippen molar-refractivity contribution in [1.29, 1.82) is 5.26 Å². The third-order valence-corrected chi connectivity index (χ3v) is 5.02. The minimum atomic E-state index is -0.325. The molecule has 2 aliphatic rings. The van der Waals surface area contributed by atoms with Crippen LogP contribution in [0.5, 0.6) is 0 Å². The number of rotatable bonds is 5. The lowest BCUT2D eigenvalue weighted by atomic mass is 9.76. The minimum absolute atomic E-state index is 0.295. The van der Waals surface area contributed by atoms with Gasteiger partial charge in [0.15, 0.2) is 0 Å². The zero-order valence-corrected chi connectivity index (χ0v) is 13.9. The molecule has 2 saturated carbocycles. The Bertz CT molecular complexity index is 510. The molecule has 1 aromatic rings. The summed E-state index contributed by atoms with van der Waals surface area (Å²) < 4.78 is 12.7. The Morgan fingerprint density at radius 2 is 1.43 bits per heavy atom. The summed E-state index contributed by atoms with van der Waals surface area (Å²) in [5, 5.41) is 9.16. The van der Waals surface area contributed by atoms with Crippen LogP contribution in [0.2, 0.25) is 0 Å². The van der Waals surface area contributed by atoms with Crippen LogP contribution in [0.4, 0.5) is 0 Å². The van der Waals surface area contributed by atoms with E-state index in [2.05, 4.69) is 6.07 Å². The predicted octanol–water partition coefficient (Wildman–Crippen LogP) is 3.95. The van der Waals surface area contributed by atoms with Crippen LogP contribution in [0, 0.1) is 11.3 Å². The molecule has 4 heteroatoms. The van der Waals surface area contributed by atoms with E-state index in [0.717, 1.165) is 31.1 Å². The van der Waals surface area contributed by atoms with Gasteiger partial charge in [-0.05, 0) is 43.3 Å². The summed E-state index contributed by atoms with van der Waals surface area (Å²) in [5.74, 6) is 0. The predicted molar refractivity (Wildman–Crippen MR) is 92.5 cm³/mol. The van der Waals surface area contributed by atoms with Gasteiger partial charge in [-0.3, -0.25) is 0 Å². The zero-order chi connectivity index (χ0) is 15.9. The van der Waals surface area contributed by atoms with Gasteiger partial charge in [0.25, 0.3) is 0 Å². The second-order valence-electron chi connectivity index (χ2n) is 6.86. The maximum Gasteiger partial charge on any atom is 0.494 e. The number of nitriles is 1. The third-order valence-electron chi connectivity index (χ3n) is 5.02. The Labute approximate surface area is 140 Å². The molecule has 0 heterocycles. The zero-order valence-electron chi connectivity index (χ0n) is 13.9. The van der Waals surface area contributed by atoms with E-state index in [9.17, 15) is 0 Å². The first-order valence-electron chi connectivity index (χ1n) is 9.16. The van der Waals surface area contributed by atoms with Gasteiger partial charge in [-0.1, -0.05) is 50.7 Å². The molecule has 0 amide bonds. The van der Waals surface area contributed by atoms with Gasteiger partial charge in [0.2, 0.25) is 0 Å². The van der Waals surface area contributed by atoms with Crippen LogP contribution in [-0.2, 0) is 9.31 Å². The van der Waals surface area contributed by atoms with Crippen LogP contribution in [0.25, 0.3) is 0 Å². The molecule has 2 aliphatic carbocycles. The van der Waals surface area contributed by atoms with E-state index < -0.39 is 0 Å². The first-order valence-corrected chi connectivity index (χ1v) is 9.16. The Kier molecular flexibility index (Phi) is 6.13. The van der Waals surface area contributed by atoms with E-state index >= 15 is 0 Å². The summed E-state index contributed by atoms with van der Waals surface area (Å²) in [5.41, 5.74) is 1.66. The van der Waals surface area contributed by atoms with E-state index in [-0.39, 0.29) is 7.12 Å². The van der Waals surface area contributed by atoms with Crippen LogP contribution in [0.3, 0.4) is 0 Å². The number of benzene rings is 1. The molecule has 0 unspecified atom stereocenters. The van der Waals surface area contributed by atoms with E-state index in [4.69, 9.17) is 14.6 Å². The van der Waals surface area contributed by atoms with Crippen LogP contribution in [-0.4, -0.2) is 19.3 Å². The average molecular weight is 311 g/mol. The summed E-state index contributed by atoms with van der Waals surface area (Å²) in [6.45, 7) is 0. The van der Waals surface area contributed by atoms with Gasteiger partial charge in [0, 0.05) is 12.2 Å². The van der Waals surface area contributed by atoms with Gasteiger partial charge in [-0.25, -0.2) is 0 Å². The highest BCUT2D eigenvalue weighted by atomic mass is 16.6. The summed E-state index contributed by atoms with van der Waals surface area (Å²) in [4.78, 5) is 0. The molecule has 2 fully saturated rings. The smallest absolute Gasteiger partial charge is 0.404 e. The van der Waals surface area contributed by atoms with Gasteiger partial charge >= 0.3 is 7.12 Å². The molecule has 0 aliphatic heterocycles. The summed E-state index contributed by atoms with van der Waals surface area (Å²) in [6, 6.07) is 9.92. The lowest BCUT2D eigenvalue weighted by molar-refractivity contribution is 0.0727. The second-order valence-corrected chi connectivity index (χ2v) is 6.86. The summed E-state index contributed by atoms with van der Waals surface area (Å²) in [7, 11) is -0.325. The van der Waals surface area contributed by atoms with E-state index in [0.29, 0.717) is 17.8 Å². The lowest BCUT2D eigenvalue weighted by Crippen LogP contribution is -2.43. The van der Waals surface area contributed by atoms with E-state index in [1.807, 2.05) is 24.3 Å². The SMILES string of the molecule is N#Cc1cccc(B(OC2CCCCC2)OC2CCCCC2)c1. The first-order chi connectivity index (χ1) is 11.3. The Hall–Kier alpha value is -1.31. The topological polar surface area (TPSA) is 42.2 Å². The van der Waals surface area contributed by atoms with Crippen LogP contribution in [0.1, 0.15) is 69.8 Å². The molecule has 1 aromatic carbocycles. The maximum atomic E-state index is 9.16. The van der Waals surface area contributed by atoms with Crippen molar-refractivity contribution < 1.29 is 9.31 Å². The normalized spacial score (nSPS) is 20.1. The second kappa shape index (κ2) is 8.52. The molecule has 0 N–H and O–H groups in total. The van der Waals surface area contributed by atoms with Gasteiger partial charge in [-0.2, -0.15) is 5.26 Å². The van der Waals surface area contributed by atoms with Crippen LogP contribution < -0.4 is 5.46 Å². The molecule has 0 bridgehead atoms. The van der Waals surface area contributed by atoms with Crippen molar-refractivity contribution in [3.05, 3.63) is 29.8 Å². The lowest BCUT2D eigenvalue weighted by Gasteiger charge is -2.30. The van der Waals surface area contributed by atoms with Crippen molar-refractivity contribution in [2.24, 2.45) is 0 Å². The summed E-state index contributed by atoms with van der Waals surface area (Å²) >= 11 is 0. The van der Waals surface area contributed by atoms with Gasteiger partial charge in [0.1, 0.15) is 0 Å². The van der Waals surface area contributed by atoms with Gasteiger partial charge in [-0.15, -0.1) is 0 Å². The molecule has 0 aromatic heterocycles. The molecular formula is C19H26BNO2. The standard InChI is InChI=1S/C19H26BNO2/c21-15-16-8-7-9-17(14-16)20(22-18-10-3-1-4-11-18)23-19-12-5-2-6-13-19/h7-9,14,18-19H,1-6,10-13H2. The Morgan fingerprint density at radius 3 is 1.96 bits per heavy atom. The van der Waals surface area contributed by atoms with Gasteiger partial charge in [0.05, 0.1) is 11.6 Å². The summed E-state index contributed by atoms with van der Waals surface area (Å²) in [6.07, 6.45) is 12.7. The van der Waals surface area contributed by atoms with Gasteiger partial charge < -0.3 is 9.31 Å². The largest absolute Gasteiger partial charge is 0.494 e. The molecule has 122 valence electrons. The van der Waals surface area contributed by atoms with Crippen molar-refractivity contribution in [2.75, 3.05) is 0 Å². The molecule has 3 nitrogen and oxygen atoms in total. The molecule has 0 spiro atoms. The highest BCUT2D eigenvalue weighted by Gasteiger charge is 2.30. The molecule has 0 radical (unpaired) electrons. The quantitative estimate of drug-likeness (QED) is 0.773. The monoisotopic (exact) mass is 311 g/mol. The van der Waals surface area contributed by atoms with E-state index in [1.165, 1.54) is 38.5 Å². The van der Waals surface area contributed by atoms with Crippen molar-refractivity contribution in [1.82, 2.24) is 0 Å². The number of hydrogen-bond donors (Lipinski definition) is 0. The Balaban J connectivity index is 1.72. The fraction of sp³-hybridized carbons (Fsp3) is 0.632. The Morgan fingerprint density at radius 1 is 0.870 bits per heavy atom. The highest BCUT2D eigenvalue weighted by molar-refractivity contribution is 6.61. The maximum absolute atomic E-state index is 9.16. The molecule has 3 rings (SSSR count). The van der Waals surface area contributed by atoms with Crippen molar-refractivity contribution in [3.8, 4) is 6.07 Å². The van der Waals surface area contributed by atoms with Crippen LogP contribution >= 0.6 is 0 Å². The van der Waals surface area contributed by atoms with Crippen molar-refractivity contribution in [3.63, 3.8) is 0 Å². The fourth-order valence-corrected chi connectivity index (χ4v) is 3.70.